The normalized spacial score (nSPS) is 17.8. The molecule has 2 aromatic carbocycles. The van der Waals surface area contributed by atoms with Crippen molar-refractivity contribution in [1.82, 2.24) is 14.7 Å². The summed E-state index contributed by atoms with van der Waals surface area (Å²) in [5, 5.41) is 15.1. The molecule has 0 atom stereocenters. The standard InChI is InChI=1S/C26H35N5O2S.C2HF3O2/c1-26(2,3)31-24-22-11-7-8-12-23(22)29-25(30-24)27-17-19-13-15-20(16-14-19)18-28-34(32,33)21-9-5-4-6-10-21;3-2(4,5)1(6)7/h4-12,19-20,28H,13-18H2,1-3H3,(H2,27,29,30,31);(H,6,7). The molecule has 1 saturated carbocycles. The average Bonchev–Trinajstić information content (AvgIpc) is 2.91. The van der Waals surface area contributed by atoms with E-state index in [1.807, 2.05) is 30.3 Å². The highest BCUT2D eigenvalue weighted by Crippen LogP contribution is 2.30. The molecule has 0 amide bonds. The lowest BCUT2D eigenvalue weighted by molar-refractivity contribution is -0.192. The largest absolute Gasteiger partial charge is 0.490 e. The number of carboxylic acid groups (broad SMARTS) is 1. The predicted octanol–water partition coefficient (Wildman–Crippen LogP) is 5.67. The molecule has 9 nitrogen and oxygen atoms in total. The average molecular weight is 596 g/mol. The molecule has 1 aromatic heterocycles. The number of hydrogen-bond acceptors (Lipinski definition) is 7. The first kappa shape index (κ1) is 32.1. The van der Waals surface area contributed by atoms with Crippen molar-refractivity contribution in [3.05, 3.63) is 54.6 Å². The summed E-state index contributed by atoms with van der Waals surface area (Å²) in [6.45, 7) is 7.67. The number of benzene rings is 2. The maximum absolute atomic E-state index is 12.5. The lowest BCUT2D eigenvalue weighted by Crippen LogP contribution is -2.32. The minimum atomic E-state index is -5.08. The Morgan fingerprint density at radius 1 is 0.902 bits per heavy atom. The number of anilines is 2. The van der Waals surface area contributed by atoms with E-state index in [-0.39, 0.29) is 5.54 Å². The summed E-state index contributed by atoms with van der Waals surface area (Å²) in [6, 6.07) is 16.6. The number of alkyl halides is 3. The second-order valence-electron chi connectivity index (χ2n) is 11.0. The van der Waals surface area contributed by atoms with Gasteiger partial charge in [0, 0.05) is 24.0 Å². The molecule has 1 fully saturated rings. The van der Waals surface area contributed by atoms with Gasteiger partial charge in [0.2, 0.25) is 16.0 Å². The van der Waals surface area contributed by atoms with E-state index in [1.165, 1.54) is 0 Å². The smallest absolute Gasteiger partial charge is 0.475 e. The lowest BCUT2D eigenvalue weighted by Gasteiger charge is -2.29. The van der Waals surface area contributed by atoms with Gasteiger partial charge in [-0.3, -0.25) is 0 Å². The summed E-state index contributed by atoms with van der Waals surface area (Å²) in [4.78, 5) is 18.7. The molecule has 4 rings (SSSR count). The Bertz CT molecular complexity index is 1410. The van der Waals surface area contributed by atoms with Gasteiger partial charge in [0.1, 0.15) is 5.82 Å². The first-order chi connectivity index (χ1) is 19.1. The van der Waals surface area contributed by atoms with Gasteiger partial charge >= 0.3 is 12.1 Å². The molecule has 1 heterocycles. The Morgan fingerprint density at radius 2 is 1.44 bits per heavy atom. The number of aromatic nitrogens is 2. The number of nitrogens with zero attached hydrogens (tertiary/aromatic N) is 2. The second kappa shape index (κ2) is 13.5. The third kappa shape index (κ3) is 10.2. The highest BCUT2D eigenvalue weighted by atomic mass is 32.2. The summed E-state index contributed by atoms with van der Waals surface area (Å²) in [7, 11) is -3.44. The van der Waals surface area contributed by atoms with E-state index in [1.54, 1.807) is 24.3 Å². The van der Waals surface area contributed by atoms with Gasteiger partial charge in [-0.05, 0) is 82.6 Å². The number of carboxylic acids is 1. The number of aliphatic carboxylic acids is 1. The molecule has 224 valence electrons. The van der Waals surface area contributed by atoms with Crippen molar-refractivity contribution in [3.63, 3.8) is 0 Å². The van der Waals surface area contributed by atoms with Gasteiger partial charge in [-0.15, -0.1) is 0 Å². The molecule has 41 heavy (non-hydrogen) atoms. The molecule has 3 aromatic rings. The predicted molar refractivity (Wildman–Crippen MR) is 152 cm³/mol. The van der Waals surface area contributed by atoms with Crippen LogP contribution in [0.1, 0.15) is 46.5 Å². The quantitative estimate of drug-likeness (QED) is 0.262. The lowest BCUT2D eigenvalue weighted by atomic mass is 9.82. The van der Waals surface area contributed by atoms with Crippen LogP contribution in [0.2, 0.25) is 0 Å². The monoisotopic (exact) mass is 595 g/mol. The van der Waals surface area contributed by atoms with Crippen LogP contribution in [0.25, 0.3) is 10.9 Å². The van der Waals surface area contributed by atoms with Gasteiger partial charge in [-0.25, -0.2) is 22.9 Å². The van der Waals surface area contributed by atoms with Gasteiger partial charge in [-0.1, -0.05) is 30.3 Å². The summed E-state index contributed by atoms with van der Waals surface area (Å²) >= 11 is 0. The van der Waals surface area contributed by atoms with Crippen LogP contribution in [0.3, 0.4) is 0 Å². The third-order valence-corrected chi connectivity index (χ3v) is 7.91. The first-order valence-electron chi connectivity index (χ1n) is 13.3. The zero-order chi connectivity index (χ0) is 30.3. The number of sulfonamides is 1. The van der Waals surface area contributed by atoms with Crippen LogP contribution < -0.4 is 15.4 Å². The van der Waals surface area contributed by atoms with Crippen molar-refractivity contribution in [3.8, 4) is 0 Å². The Balaban J connectivity index is 0.000000587. The number of carbonyl (C=O) groups is 1. The van der Waals surface area contributed by atoms with Crippen molar-refractivity contribution in [2.24, 2.45) is 11.8 Å². The Hall–Kier alpha value is -3.45. The van der Waals surface area contributed by atoms with E-state index in [2.05, 4.69) is 36.1 Å². The van der Waals surface area contributed by atoms with Crippen LogP contribution in [0.4, 0.5) is 24.9 Å². The molecule has 4 N–H and O–H groups in total. The van der Waals surface area contributed by atoms with Gasteiger partial charge in [0.25, 0.3) is 0 Å². The number of para-hydroxylation sites is 1. The first-order valence-corrected chi connectivity index (χ1v) is 14.8. The van der Waals surface area contributed by atoms with Crippen LogP contribution >= 0.6 is 0 Å². The van der Waals surface area contributed by atoms with Crippen LogP contribution in [-0.4, -0.2) is 54.3 Å². The van der Waals surface area contributed by atoms with E-state index < -0.39 is 22.2 Å². The van der Waals surface area contributed by atoms with Crippen LogP contribution in [0.15, 0.2) is 59.5 Å². The summed E-state index contributed by atoms with van der Waals surface area (Å²) in [6.07, 6.45) is -0.936. The zero-order valence-electron chi connectivity index (χ0n) is 23.2. The highest BCUT2D eigenvalue weighted by molar-refractivity contribution is 7.89. The summed E-state index contributed by atoms with van der Waals surface area (Å²) < 4.78 is 59.5. The fourth-order valence-corrected chi connectivity index (χ4v) is 5.53. The molecule has 13 heteroatoms. The molecule has 0 radical (unpaired) electrons. The minimum Gasteiger partial charge on any atom is -0.475 e. The third-order valence-electron chi connectivity index (χ3n) is 6.47. The maximum Gasteiger partial charge on any atom is 0.490 e. The van der Waals surface area contributed by atoms with Gasteiger partial charge in [0.15, 0.2) is 0 Å². The van der Waals surface area contributed by atoms with Crippen molar-refractivity contribution >= 4 is 38.7 Å². The Labute approximate surface area is 238 Å². The number of rotatable bonds is 8. The number of halogens is 3. The number of hydrogen-bond donors (Lipinski definition) is 4. The molecule has 0 aliphatic heterocycles. The van der Waals surface area contributed by atoms with E-state index in [4.69, 9.17) is 19.9 Å². The Morgan fingerprint density at radius 3 is 2.00 bits per heavy atom. The summed E-state index contributed by atoms with van der Waals surface area (Å²) in [5.74, 6) is -0.379. The van der Waals surface area contributed by atoms with Gasteiger partial charge < -0.3 is 15.7 Å². The van der Waals surface area contributed by atoms with Gasteiger partial charge in [0.05, 0.1) is 10.4 Å². The van der Waals surface area contributed by atoms with Crippen molar-refractivity contribution in [2.45, 2.75) is 63.1 Å². The fraction of sp³-hybridized carbons (Fsp3) is 0.464. The molecule has 0 spiro atoms. The van der Waals surface area contributed by atoms with Crippen LogP contribution in [-0.2, 0) is 14.8 Å². The van der Waals surface area contributed by atoms with Crippen LogP contribution in [0.5, 0.6) is 0 Å². The zero-order valence-corrected chi connectivity index (χ0v) is 24.0. The van der Waals surface area contributed by atoms with Gasteiger partial charge in [-0.2, -0.15) is 18.2 Å². The van der Waals surface area contributed by atoms with Crippen molar-refractivity contribution in [1.29, 1.82) is 0 Å². The topological polar surface area (TPSA) is 133 Å². The highest BCUT2D eigenvalue weighted by Gasteiger charge is 2.38. The molecule has 1 aliphatic carbocycles. The van der Waals surface area contributed by atoms with E-state index in [0.717, 1.165) is 48.9 Å². The second-order valence-corrected chi connectivity index (χ2v) is 12.8. The van der Waals surface area contributed by atoms with Crippen molar-refractivity contribution < 1.29 is 31.5 Å². The molecule has 0 bridgehead atoms. The molecule has 0 unspecified atom stereocenters. The molecule has 1 aliphatic rings. The molecule has 0 saturated heterocycles. The molecular weight excluding hydrogens is 559 g/mol. The van der Waals surface area contributed by atoms with Crippen LogP contribution in [0, 0.1) is 11.8 Å². The van der Waals surface area contributed by atoms with E-state index in [9.17, 15) is 21.6 Å². The van der Waals surface area contributed by atoms with E-state index in [0.29, 0.717) is 29.2 Å². The number of fused-ring (bicyclic) bond motifs is 1. The fourth-order valence-electron chi connectivity index (χ4n) is 4.39. The summed E-state index contributed by atoms with van der Waals surface area (Å²) in [5.41, 5.74) is 0.815. The number of nitrogens with one attached hydrogen (secondary N) is 3. The maximum atomic E-state index is 12.5. The molecular formula is C28H36F3N5O4S. The van der Waals surface area contributed by atoms with Crippen molar-refractivity contribution in [2.75, 3.05) is 23.7 Å². The minimum absolute atomic E-state index is 0.102. The SMILES string of the molecule is CC(C)(C)Nc1nc(NCC2CCC(CNS(=O)(=O)c3ccccc3)CC2)nc2ccccc12.O=C(O)C(F)(F)F. The Kier molecular flexibility index (Phi) is 10.5. The van der Waals surface area contributed by atoms with E-state index >= 15 is 0 Å².